The number of phenolic OH excluding ortho intramolecular Hbond substituents is 1. The Labute approximate surface area is 111 Å². The molecule has 1 aromatic rings. The Bertz CT molecular complexity index is 502. The Balaban J connectivity index is 2.28. The highest BCUT2D eigenvalue weighted by Crippen LogP contribution is 2.23. The molecule has 96 valence electrons. The van der Waals surface area contributed by atoms with Gasteiger partial charge in [-0.3, -0.25) is 4.79 Å². The van der Waals surface area contributed by atoms with Crippen LogP contribution >= 0.6 is 12.2 Å². The van der Waals surface area contributed by atoms with Crippen LogP contribution in [-0.4, -0.2) is 33.5 Å². The Hall–Kier alpha value is -1.62. The summed E-state index contributed by atoms with van der Waals surface area (Å²) in [6.07, 6.45) is 1.75. The molecule has 0 radical (unpaired) electrons. The first-order chi connectivity index (χ1) is 8.50. The van der Waals surface area contributed by atoms with Crippen molar-refractivity contribution in [2.75, 3.05) is 6.54 Å². The molecule has 18 heavy (non-hydrogen) atoms. The molecule has 1 heterocycles. The average Bonchev–Trinajstić information content (AvgIpc) is 2.77. The van der Waals surface area contributed by atoms with Gasteiger partial charge in [0, 0.05) is 12.1 Å². The van der Waals surface area contributed by atoms with E-state index in [1.54, 1.807) is 24.0 Å². The zero-order valence-electron chi connectivity index (χ0n) is 10.2. The van der Waals surface area contributed by atoms with E-state index in [0.29, 0.717) is 17.1 Å². The number of aryl methyl sites for hydroxylation is 1. The van der Waals surface area contributed by atoms with Gasteiger partial charge >= 0.3 is 0 Å². The quantitative estimate of drug-likeness (QED) is 0.796. The van der Waals surface area contributed by atoms with E-state index in [9.17, 15) is 9.90 Å². The van der Waals surface area contributed by atoms with Gasteiger partial charge in [0.05, 0.1) is 11.0 Å². The molecule has 4 nitrogen and oxygen atoms in total. The Morgan fingerprint density at radius 1 is 1.56 bits per heavy atom. The third-order valence-corrected chi connectivity index (χ3v) is 3.55. The van der Waals surface area contributed by atoms with Crippen LogP contribution in [0.4, 0.5) is 0 Å². The molecule has 0 saturated carbocycles. The van der Waals surface area contributed by atoms with E-state index < -0.39 is 0 Å². The van der Waals surface area contributed by atoms with Gasteiger partial charge in [-0.2, -0.15) is 0 Å². The predicted molar refractivity (Wildman–Crippen MR) is 73.7 cm³/mol. The summed E-state index contributed by atoms with van der Waals surface area (Å²) in [5.41, 5.74) is 7.02. The van der Waals surface area contributed by atoms with Crippen molar-refractivity contribution in [2.45, 2.75) is 25.8 Å². The molecule has 0 spiro atoms. The third-order valence-electron chi connectivity index (χ3n) is 3.28. The number of hydrogen-bond acceptors (Lipinski definition) is 3. The zero-order chi connectivity index (χ0) is 13.3. The van der Waals surface area contributed by atoms with Gasteiger partial charge in [0.15, 0.2) is 0 Å². The molecule has 1 fully saturated rings. The smallest absolute Gasteiger partial charge is 0.254 e. The first kappa shape index (κ1) is 12.8. The maximum atomic E-state index is 12.4. The van der Waals surface area contributed by atoms with Gasteiger partial charge in [-0.05, 0) is 43.5 Å². The van der Waals surface area contributed by atoms with Gasteiger partial charge in [0.1, 0.15) is 5.75 Å². The van der Waals surface area contributed by atoms with Crippen LogP contribution < -0.4 is 5.73 Å². The fourth-order valence-corrected chi connectivity index (χ4v) is 2.59. The average molecular weight is 264 g/mol. The van der Waals surface area contributed by atoms with Crippen molar-refractivity contribution in [3.05, 3.63) is 29.3 Å². The summed E-state index contributed by atoms with van der Waals surface area (Å²) in [7, 11) is 0. The van der Waals surface area contributed by atoms with Crippen molar-refractivity contribution in [2.24, 2.45) is 5.73 Å². The summed E-state index contributed by atoms with van der Waals surface area (Å²) in [4.78, 5) is 14.5. The highest BCUT2D eigenvalue weighted by atomic mass is 32.1. The minimum Gasteiger partial charge on any atom is -0.508 e. The molecule has 2 rings (SSSR count). The molecule has 5 heteroatoms. The van der Waals surface area contributed by atoms with Gasteiger partial charge < -0.3 is 15.7 Å². The molecule has 1 amide bonds. The van der Waals surface area contributed by atoms with E-state index in [0.717, 1.165) is 18.4 Å². The fraction of sp³-hybridized carbons (Fsp3) is 0.385. The molecule has 0 bridgehead atoms. The summed E-state index contributed by atoms with van der Waals surface area (Å²) in [5.74, 6) is 0.0965. The number of carbonyl (C=O) groups is 1. The van der Waals surface area contributed by atoms with Crippen LogP contribution in [0.2, 0.25) is 0 Å². The van der Waals surface area contributed by atoms with Gasteiger partial charge in [-0.1, -0.05) is 12.2 Å². The summed E-state index contributed by atoms with van der Waals surface area (Å²) >= 11 is 5.00. The summed E-state index contributed by atoms with van der Waals surface area (Å²) in [5, 5.41) is 9.36. The van der Waals surface area contributed by atoms with Crippen molar-refractivity contribution >= 4 is 23.1 Å². The number of phenols is 1. The maximum absolute atomic E-state index is 12.4. The molecule has 1 aliphatic heterocycles. The minimum atomic E-state index is -0.138. The lowest BCUT2D eigenvalue weighted by molar-refractivity contribution is 0.0769. The van der Waals surface area contributed by atoms with Crippen molar-refractivity contribution in [3.8, 4) is 5.75 Å². The van der Waals surface area contributed by atoms with E-state index in [-0.39, 0.29) is 17.7 Å². The molecule has 1 aliphatic rings. The Kier molecular flexibility index (Phi) is 3.52. The second-order valence-electron chi connectivity index (χ2n) is 4.56. The molecular weight excluding hydrogens is 248 g/mol. The van der Waals surface area contributed by atoms with E-state index in [1.807, 2.05) is 0 Å². The van der Waals surface area contributed by atoms with Crippen LogP contribution in [0, 0.1) is 6.92 Å². The number of nitrogens with two attached hydrogens (primary N) is 1. The van der Waals surface area contributed by atoms with Crippen LogP contribution in [0.3, 0.4) is 0 Å². The van der Waals surface area contributed by atoms with Crippen molar-refractivity contribution in [1.29, 1.82) is 0 Å². The highest BCUT2D eigenvalue weighted by Gasteiger charge is 2.31. The number of aromatic hydroxyl groups is 1. The molecule has 1 aromatic carbocycles. The first-order valence-corrected chi connectivity index (χ1v) is 6.31. The summed E-state index contributed by atoms with van der Waals surface area (Å²) in [6, 6.07) is 4.60. The van der Waals surface area contributed by atoms with Crippen LogP contribution in [0.1, 0.15) is 28.8 Å². The number of likely N-dealkylation sites (tertiary alicyclic amines) is 1. The van der Waals surface area contributed by atoms with Crippen LogP contribution in [0.25, 0.3) is 0 Å². The fourth-order valence-electron chi connectivity index (χ4n) is 2.35. The maximum Gasteiger partial charge on any atom is 0.254 e. The topological polar surface area (TPSA) is 66.6 Å². The van der Waals surface area contributed by atoms with E-state index >= 15 is 0 Å². The van der Waals surface area contributed by atoms with Gasteiger partial charge in [0.2, 0.25) is 0 Å². The second-order valence-corrected chi connectivity index (χ2v) is 5.03. The number of amides is 1. The van der Waals surface area contributed by atoms with Gasteiger partial charge in [-0.15, -0.1) is 0 Å². The molecule has 0 aromatic heterocycles. The Morgan fingerprint density at radius 3 is 2.89 bits per heavy atom. The molecule has 1 unspecified atom stereocenters. The SMILES string of the molecule is Cc1cc(O)ccc1C(=O)N1CCCC1C(N)=S. The number of rotatable bonds is 2. The van der Waals surface area contributed by atoms with Crippen LogP contribution in [0.5, 0.6) is 5.75 Å². The first-order valence-electron chi connectivity index (χ1n) is 5.90. The minimum absolute atomic E-state index is 0.0669. The summed E-state index contributed by atoms with van der Waals surface area (Å²) in [6.45, 7) is 2.49. The van der Waals surface area contributed by atoms with E-state index in [4.69, 9.17) is 18.0 Å². The van der Waals surface area contributed by atoms with Crippen molar-refractivity contribution in [3.63, 3.8) is 0 Å². The zero-order valence-corrected chi connectivity index (χ0v) is 11.0. The van der Waals surface area contributed by atoms with E-state index in [1.165, 1.54) is 6.07 Å². The summed E-state index contributed by atoms with van der Waals surface area (Å²) < 4.78 is 0. The molecule has 1 atom stereocenters. The standard InChI is InChI=1S/C13H16N2O2S/c1-8-7-9(16)4-5-10(8)13(17)15-6-2-3-11(15)12(14)18/h4-5,7,11,16H,2-3,6H2,1H3,(H2,14,18). The van der Waals surface area contributed by atoms with Crippen LogP contribution in [0.15, 0.2) is 18.2 Å². The molecule has 3 N–H and O–H groups in total. The largest absolute Gasteiger partial charge is 0.508 e. The van der Waals surface area contributed by atoms with E-state index in [2.05, 4.69) is 0 Å². The molecular formula is C13H16N2O2S. The lowest BCUT2D eigenvalue weighted by Crippen LogP contribution is -2.43. The van der Waals surface area contributed by atoms with Crippen molar-refractivity contribution in [1.82, 2.24) is 4.90 Å². The lowest BCUT2D eigenvalue weighted by atomic mass is 10.1. The van der Waals surface area contributed by atoms with Gasteiger partial charge in [-0.25, -0.2) is 0 Å². The second kappa shape index (κ2) is 4.94. The number of carbonyl (C=O) groups excluding carboxylic acids is 1. The van der Waals surface area contributed by atoms with Gasteiger partial charge in [0.25, 0.3) is 5.91 Å². The molecule has 1 saturated heterocycles. The normalized spacial score (nSPS) is 18.9. The Morgan fingerprint density at radius 2 is 2.28 bits per heavy atom. The van der Waals surface area contributed by atoms with Crippen molar-refractivity contribution < 1.29 is 9.90 Å². The number of thiocarbonyl (C=S) groups is 1. The monoisotopic (exact) mass is 264 g/mol. The predicted octanol–water partition coefficient (Wildman–Crippen LogP) is 1.59. The van der Waals surface area contributed by atoms with Crippen LogP contribution in [-0.2, 0) is 0 Å². The number of nitrogens with zero attached hydrogens (tertiary/aromatic N) is 1. The third kappa shape index (κ3) is 2.31. The number of benzene rings is 1. The highest BCUT2D eigenvalue weighted by molar-refractivity contribution is 7.80. The number of hydrogen-bond donors (Lipinski definition) is 2. The lowest BCUT2D eigenvalue weighted by Gasteiger charge is -2.24. The molecule has 0 aliphatic carbocycles.